The zero-order valence-corrected chi connectivity index (χ0v) is 33.7. The van der Waals surface area contributed by atoms with Gasteiger partial charge in [-0.25, -0.2) is 9.97 Å². The molecule has 0 unspecified atom stereocenters. The van der Waals surface area contributed by atoms with Gasteiger partial charge in [0.05, 0.1) is 16.8 Å². The average molecular weight is 791 g/mol. The third-order valence-corrected chi connectivity index (χ3v) is 12.6. The van der Waals surface area contributed by atoms with Gasteiger partial charge in [-0.15, -0.1) is 0 Å². The minimum atomic E-state index is -0.517. The van der Waals surface area contributed by atoms with Crippen molar-refractivity contribution in [3.8, 4) is 67.3 Å². The fourth-order valence-corrected chi connectivity index (χ4v) is 9.84. The first-order chi connectivity index (χ1) is 30.7. The van der Waals surface area contributed by atoms with E-state index in [1.165, 1.54) is 33.4 Å². The van der Waals surface area contributed by atoms with E-state index in [1.54, 1.807) is 0 Å². The lowest BCUT2D eigenvalue weighted by Gasteiger charge is -2.33. The Morgan fingerprint density at radius 2 is 0.903 bits per heavy atom. The molecule has 0 fully saturated rings. The molecular weight excluding hydrogens is 753 g/mol. The highest BCUT2D eigenvalue weighted by molar-refractivity contribution is 6.11. The maximum atomic E-state index is 6.53. The smallest absolute Gasteiger partial charge is 0.160 e. The molecule has 2 heterocycles. The van der Waals surface area contributed by atoms with Gasteiger partial charge in [0.2, 0.25) is 0 Å². The molecule has 0 atom stereocenters. The van der Waals surface area contributed by atoms with Crippen LogP contribution in [-0.4, -0.2) is 9.97 Å². The lowest BCUT2D eigenvalue weighted by atomic mass is 9.67. The van der Waals surface area contributed by atoms with E-state index in [1.807, 2.05) is 18.2 Å². The number of hydrogen-bond donors (Lipinski definition) is 0. The molecule has 62 heavy (non-hydrogen) atoms. The topological polar surface area (TPSA) is 38.9 Å². The molecule has 3 heteroatoms. The van der Waals surface area contributed by atoms with Crippen LogP contribution in [0, 0.1) is 0 Å². The van der Waals surface area contributed by atoms with Crippen molar-refractivity contribution in [2.45, 2.75) is 5.41 Å². The summed E-state index contributed by atoms with van der Waals surface area (Å²) in [6.45, 7) is 0. The number of aromatic nitrogens is 2. The van der Waals surface area contributed by atoms with Crippen molar-refractivity contribution in [3.05, 3.63) is 253 Å². The van der Waals surface area contributed by atoms with Crippen LogP contribution in [-0.2, 0) is 5.41 Å². The minimum absolute atomic E-state index is 0.517. The van der Waals surface area contributed by atoms with Gasteiger partial charge in [0.25, 0.3) is 0 Å². The predicted octanol–water partition coefficient (Wildman–Crippen LogP) is 15.1. The van der Waals surface area contributed by atoms with Crippen LogP contribution in [0.2, 0.25) is 0 Å². The fourth-order valence-electron chi connectivity index (χ4n) is 9.84. The van der Waals surface area contributed by atoms with E-state index >= 15 is 0 Å². The summed E-state index contributed by atoms with van der Waals surface area (Å²) in [6.07, 6.45) is 0. The Labute approximate surface area is 360 Å². The molecule has 9 aromatic carbocycles. The standard InChI is InChI=1S/C59H38N2O/c1-5-19-39(20-6-1)49-36-43(37-50-46-29-14-16-34-55(46)62-57(49)50)41-23-17-24-42(35-41)53-38-54(61-58(60-53)40-21-7-2-8-22-40)48-31-18-33-52-56(48)47-30-13-15-32-51(47)59(52,44-25-9-3-10-26-44)45-27-11-4-12-28-45/h1-38H. The number of rotatable bonds is 7. The van der Waals surface area contributed by atoms with Crippen LogP contribution in [0.4, 0.5) is 0 Å². The SMILES string of the molecule is c1ccc(-c2nc(-c3cccc(-c4cc(-c5ccccc5)c5oc6ccccc6c5c4)c3)cc(-c3cccc4c3-c3ccccc3C4(c3ccccc3)c3ccccc3)n2)cc1. The summed E-state index contributed by atoms with van der Waals surface area (Å²) in [5.74, 6) is 0.683. The summed E-state index contributed by atoms with van der Waals surface area (Å²) in [5.41, 5.74) is 17.8. The zero-order valence-electron chi connectivity index (χ0n) is 33.7. The normalized spacial score (nSPS) is 12.6. The maximum absolute atomic E-state index is 6.53. The van der Waals surface area contributed by atoms with E-state index < -0.39 is 5.41 Å². The Morgan fingerprint density at radius 3 is 1.66 bits per heavy atom. The van der Waals surface area contributed by atoms with Crippen LogP contribution >= 0.6 is 0 Å². The number of nitrogens with zero attached hydrogens (tertiary/aromatic N) is 2. The Bertz CT molecular complexity index is 3410. The summed E-state index contributed by atoms with van der Waals surface area (Å²) in [5, 5.41) is 2.20. The van der Waals surface area contributed by atoms with Crippen LogP contribution in [0.5, 0.6) is 0 Å². The first-order valence-electron chi connectivity index (χ1n) is 21.1. The lowest BCUT2D eigenvalue weighted by molar-refractivity contribution is 0.670. The number of benzene rings is 9. The van der Waals surface area contributed by atoms with Gasteiger partial charge in [-0.3, -0.25) is 0 Å². The van der Waals surface area contributed by atoms with Gasteiger partial charge in [-0.2, -0.15) is 0 Å². The molecule has 0 aliphatic heterocycles. The monoisotopic (exact) mass is 790 g/mol. The number of furan rings is 1. The van der Waals surface area contributed by atoms with Crippen molar-refractivity contribution in [2.75, 3.05) is 0 Å². The molecule has 290 valence electrons. The molecular formula is C59H38N2O. The van der Waals surface area contributed by atoms with Gasteiger partial charge < -0.3 is 4.42 Å². The second-order valence-electron chi connectivity index (χ2n) is 16.0. The van der Waals surface area contributed by atoms with Crippen LogP contribution in [0.15, 0.2) is 235 Å². The van der Waals surface area contributed by atoms with Crippen molar-refractivity contribution < 1.29 is 4.42 Å². The Hall–Kier alpha value is -8.14. The van der Waals surface area contributed by atoms with E-state index in [2.05, 4.69) is 212 Å². The summed E-state index contributed by atoms with van der Waals surface area (Å²) in [7, 11) is 0. The second-order valence-corrected chi connectivity index (χ2v) is 16.0. The van der Waals surface area contributed by atoms with Crippen LogP contribution in [0.1, 0.15) is 22.3 Å². The van der Waals surface area contributed by atoms with E-state index in [4.69, 9.17) is 14.4 Å². The number of fused-ring (bicyclic) bond motifs is 6. The summed E-state index contributed by atoms with van der Waals surface area (Å²) in [4.78, 5) is 10.7. The molecule has 0 radical (unpaired) electrons. The molecule has 0 bridgehead atoms. The molecule has 0 amide bonds. The molecule has 0 spiro atoms. The van der Waals surface area contributed by atoms with E-state index in [0.29, 0.717) is 5.82 Å². The quantitative estimate of drug-likeness (QED) is 0.161. The van der Waals surface area contributed by atoms with Gasteiger partial charge >= 0.3 is 0 Å². The third kappa shape index (κ3) is 5.67. The van der Waals surface area contributed by atoms with Gasteiger partial charge in [0.1, 0.15) is 11.2 Å². The molecule has 0 saturated carbocycles. The van der Waals surface area contributed by atoms with Gasteiger partial charge in [-0.05, 0) is 80.4 Å². The number of hydrogen-bond acceptors (Lipinski definition) is 3. The van der Waals surface area contributed by atoms with Crippen LogP contribution in [0.3, 0.4) is 0 Å². The highest BCUT2D eigenvalue weighted by Crippen LogP contribution is 2.58. The first kappa shape index (κ1) is 35.8. The maximum Gasteiger partial charge on any atom is 0.160 e. The van der Waals surface area contributed by atoms with Crippen LogP contribution < -0.4 is 0 Å². The molecule has 1 aliphatic carbocycles. The summed E-state index contributed by atoms with van der Waals surface area (Å²) in [6, 6.07) is 82.1. The molecule has 0 saturated heterocycles. The van der Waals surface area contributed by atoms with Gasteiger partial charge in [0, 0.05) is 33.0 Å². The first-order valence-corrected chi connectivity index (χ1v) is 21.1. The average Bonchev–Trinajstić information content (AvgIpc) is 3.89. The molecule has 0 N–H and O–H groups in total. The molecule has 11 aromatic rings. The van der Waals surface area contributed by atoms with Crippen molar-refractivity contribution >= 4 is 21.9 Å². The Balaban J connectivity index is 1.07. The second kappa shape index (κ2) is 14.5. The highest BCUT2D eigenvalue weighted by Gasteiger charge is 2.46. The Morgan fingerprint density at radius 1 is 0.339 bits per heavy atom. The summed E-state index contributed by atoms with van der Waals surface area (Å²) >= 11 is 0. The van der Waals surface area contributed by atoms with Crippen molar-refractivity contribution in [1.29, 1.82) is 0 Å². The highest BCUT2D eigenvalue weighted by atomic mass is 16.3. The third-order valence-electron chi connectivity index (χ3n) is 12.6. The van der Waals surface area contributed by atoms with Gasteiger partial charge in [0.15, 0.2) is 5.82 Å². The minimum Gasteiger partial charge on any atom is -0.455 e. The predicted molar refractivity (Wildman–Crippen MR) is 254 cm³/mol. The van der Waals surface area contributed by atoms with Crippen LogP contribution in [0.25, 0.3) is 89.2 Å². The van der Waals surface area contributed by atoms with E-state index in [0.717, 1.165) is 72.3 Å². The van der Waals surface area contributed by atoms with E-state index in [9.17, 15) is 0 Å². The van der Waals surface area contributed by atoms with Crippen molar-refractivity contribution in [3.63, 3.8) is 0 Å². The Kier molecular flexibility index (Phi) is 8.39. The lowest BCUT2D eigenvalue weighted by Crippen LogP contribution is -2.28. The zero-order chi connectivity index (χ0) is 41.0. The van der Waals surface area contributed by atoms with Crippen molar-refractivity contribution in [2.24, 2.45) is 0 Å². The van der Waals surface area contributed by atoms with Gasteiger partial charge in [-0.1, -0.05) is 200 Å². The fraction of sp³-hybridized carbons (Fsp3) is 0.0169. The number of para-hydroxylation sites is 1. The van der Waals surface area contributed by atoms with Crippen molar-refractivity contribution in [1.82, 2.24) is 9.97 Å². The molecule has 12 rings (SSSR count). The van der Waals surface area contributed by atoms with E-state index in [-0.39, 0.29) is 0 Å². The molecule has 3 nitrogen and oxygen atoms in total. The largest absolute Gasteiger partial charge is 0.455 e. The molecule has 2 aromatic heterocycles. The molecule has 1 aliphatic rings. The summed E-state index contributed by atoms with van der Waals surface area (Å²) < 4.78 is 6.53.